The molecule has 0 aliphatic carbocycles. The third-order valence-corrected chi connectivity index (χ3v) is 3.47. The van der Waals surface area contributed by atoms with Crippen LogP contribution < -0.4 is 11.1 Å². The predicted molar refractivity (Wildman–Crippen MR) is 74.7 cm³/mol. The first-order valence-electron chi connectivity index (χ1n) is 6.72. The lowest BCUT2D eigenvalue weighted by molar-refractivity contribution is -0.130. The lowest BCUT2D eigenvalue weighted by Crippen LogP contribution is -2.39. The number of carbonyl (C=O) groups is 1. The van der Waals surface area contributed by atoms with Gasteiger partial charge in [-0.1, -0.05) is 0 Å². The summed E-state index contributed by atoms with van der Waals surface area (Å²) in [6, 6.07) is 3.74. The number of amides is 1. The van der Waals surface area contributed by atoms with Crippen LogP contribution in [0, 0.1) is 0 Å². The number of rotatable bonds is 4. The number of carbonyl (C=O) groups excluding carboxylic acids is 1. The first-order valence-corrected chi connectivity index (χ1v) is 6.72. The van der Waals surface area contributed by atoms with Crippen LogP contribution in [0.15, 0.2) is 18.2 Å². The molecule has 1 heterocycles. The van der Waals surface area contributed by atoms with Crippen molar-refractivity contribution in [2.75, 3.05) is 24.1 Å². The Morgan fingerprint density at radius 1 is 1.35 bits per heavy atom. The van der Waals surface area contributed by atoms with Gasteiger partial charge < -0.3 is 16.0 Å². The average molecular weight is 283 g/mol. The van der Waals surface area contributed by atoms with Crippen LogP contribution in [0.2, 0.25) is 0 Å². The molecule has 1 atom stereocenters. The number of anilines is 2. The third kappa shape index (κ3) is 3.18. The van der Waals surface area contributed by atoms with Crippen molar-refractivity contribution < 1.29 is 13.6 Å². The van der Waals surface area contributed by atoms with Gasteiger partial charge in [0.25, 0.3) is 6.43 Å². The van der Waals surface area contributed by atoms with Gasteiger partial charge in [0.15, 0.2) is 0 Å². The van der Waals surface area contributed by atoms with E-state index in [0.717, 1.165) is 25.9 Å². The van der Waals surface area contributed by atoms with Crippen LogP contribution in [0.3, 0.4) is 0 Å². The highest BCUT2D eigenvalue weighted by Gasteiger charge is 2.24. The summed E-state index contributed by atoms with van der Waals surface area (Å²) in [6.07, 6.45) is -0.624. The predicted octanol–water partition coefficient (Wildman–Crippen LogP) is 2.63. The summed E-state index contributed by atoms with van der Waals surface area (Å²) in [7, 11) is 0. The summed E-state index contributed by atoms with van der Waals surface area (Å²) in [5.41, 5.74) is 5.88. The van der Waals surface area contributed by atoms with E-state index < -0.39 is 12.5 Å². The van der Waals surface area contributed by atoms with Crippen LogP contribution in [0.1, 0.15) is 31.8 Å². The van der Waals surface area contributed by atoms with E-state index in [4.69, 9.17) is 5.73 Å². The van der Waals surface area contributed by atoms with Crippen molar-refractivity contribution in [1.29, 1.82) is 0 Å². The lowest BCUT2D eigenvalue weighted by Gasteiger charge is -2.23. The molecule has 0 bridgehead atoms. The molecule has 1 unspecified atom stereocenters. The molecule has 0 saturated carbocycles. The molecule has 1 aliphatic rings. The Morgan fingerprint density at radius 2 is 2.00 bits per heavy atom. The molecule has 3 N–H and O–H groups in total. The Balaban J connectivity index is 2.10. The number of alkyl halides is 2. The van der Waals surface area contributed by atoms with Crippen molar-refractivity contribution >= 4 is 17.3 Å². The number of nitrogens with one attached hydrogen (secondary N) is 1. The smallest absolute Gasteiger partial charge is 0.265 e. The Morgan fingerprint density at radius 3 is 2.60 bits per heavy atom. The zero-order chi connectivity index (χ0) is 14.7. The maximum Gasteiger partial charge on any atom is 0.265 e. The van der Waals surface area contributed by atoms with E-state index in [0.29, 0.717) is 0 Å². The molecule has 1 fully saturated rings. The number of nitrogens with two attached hydrogens (primary N) is 1. The number of nitrogens with zero attached hydrogens (tertiary/aromatic N) is 1. The number of benzene rings is 1. The Hall–Kier alpha value is -1.85. The fourth-order valence-corrected chi connectivity index (χ4v) is 2.40. The zero-order valence-corrected chi connectivity index (χ0v) is 11.4. The van der Waals surface area contributed by atoms with Crippen molar-refractivity contribution in [3.8, 4) is 0 Å². The van der Waals surface area contributed by atoms with Crippen LogP contribution in [-0.4, -0.2) is 29.9 Å². The van der Waals surface area contributed by atoms with E-state index in [9.17, 15) is 13.6 Å². The van der Waals surface area contributed by atoms with E-state index >= 15 is 0 Å². The van der Waals surface area contributed by atoms with Crippen molar-refractivity contribution in [3.05, 3.63) is 23.8 Å². The van der Waals surface area contributed by atoms with Crippen LogP contribution in [0.25, 0.3) is 0 Å². The van der Waals surface area contributed by atoms with E-state index in [1.807, 2.05) is 0 Å². The maximum atomic E-state index is 13.0. The normalized spacial score (nSPS) is 16.5. The molecule has 4 nitrogen and oxygen atoms in total. The molecule has 20 heavy (non-hydrogen) atoms. The fourth-order valence-electron chi connectivity index (χ4n) is 2.40. The number of halogens is 2. The van der Waals surface area contributed by atoms with Gasteiger partial charge in [0.05, 0.1) is 0 Å². The van der Waals surface area contributed by atoms with Crippen molar-refractivity contribution in [3.63, 3.8) is 0 Å². The Bertz CT molecular complexity index is 487. The molecule has 1 saturated heterocycles. The van der Waals surface area contributed by atoms with E-state index in [1.54, 1.807) is 17.9 Å². The van der Waals surface area contributed by atoms with Crippen molar-refractivity contribution in [2.45, 2.75) is 32.2 Å². The number of hydrogen-bond acceptors (Lipinski definition) is 3. The van der Waals surface area contributed by atoms with Gasteiger partial charge in [-0.25, -0.2) is 8.78 Å². The average Bonchev–Trinajstić information content (AvgIpc) is 2.93. The van der Waals surface area contributed by atoms with Gasteiger partial charge in [0.2, 0.25) is 5.91 Å². The second-order valence-electron chi connectivity index (χ2n) is 5.05. The summed E-state index contributed by atoms with van der Waals surface area (Å²) in [5, 5.41) is 2.87. The molecular weight excluding hydrogens is 264 g/mol. The van der Waals surface area contributed by atoms with Gasteiger partial charge in [-0.05, 0) is 38.0 Å². The zero-order valence-electron chi connectivity index (χ0n) is 11.4. The van der Waals surface area contributed by atoms with E-state index in [-0.39, 0.29) is 22.8 Å². The summed E-state index contributed by atoms with van der Waals surface area (Å²) < 4.78 is 25.9. The minimum Gasteiger partial charge on any atom is -0.399 e. The first-order chi connectivity index (χ1) is 9.49. The van der Waals surface area contributed by atoms with Gasteiger partial charge in [-0.3, -0.25) is 4.79 Å². The monoisotopic (exact) mass is 283 g/mol. The van der Waals surface area contributed by atoms with Crippen LogP contribution in [0.4, 0.5) is 20.2 Å². The highest BCUT2D eigenvalue weighted by molar-refractivity contribution is 5.84. The first kappa shape index (κ1) is 14.6. The second-order valence-corrected chi connectivity index (χ2v) is 5.05. The SMILES string of the molecule is CC(Nc1ccc(N)cc1C(F)F)C(=O)N1CCCC1. The largest absolute Gasteiger partial charge is 0.399 e. The van der Waals surface area contributed by atoms with E-state index in [2.05, 4.69) is 5.32 Å². The van der Waals surface area contributed by atoms with Gasteiger partial charge in [0.1, 0.15) is 6.04 Å². The molecule has 2 rings (SSSR count). The molecule has 110 valence electrons. The minimum absolute atomic E-state index is 0.0560. The van der Waals surface area contributed by atoms with Gasteiger partial charge in [-0.15, -0.1) is 0 Å². The Labute approximate surface area is 116 Å². The van der Waals surface area contributed by atoms with Crippen molar-refractivity contribution in [1.82, 2.24) is 4.90 Å². The van der Waals surface area contributed by atoms with Crippen LogP contribution in [-0.2, 0) is 4.79 Å². The highest BCUT2D eigenvalue weighted by Crippen LogP contribution is 2.29. The fraction of sp³-hybridized carbons (Fsp3) is 0.500. The van der Waals surface area contributed by atoms with Crippen molar-refractivity contribution in [2.24, 2.45) is 0 Å². The van der Waals surface area contributed by atoms with E-state index in [1.165, 1.54) is 12.1 Å². The number of hydrogen-bond donors (Lipinski definition) is 2. The maximum absolute atomic E-state index is 13.0. The molecule has 1 aromatic carbocycles. The van der Waals surface area contributed by atoms with Crippen LogP contribution in [0.5, 0.6) is 0 Å². The molecular formula is C14H19F2N3O. The standard InChI is InChI=1S/C14H19F2N3O/c1-9(14(20)19-6-2-3-7-19)18-12-5-4-10(17)8-11(12)13(15)16/h4-5,8-9,13,18H,2-3,6-7,17H2,1H3. The molecule has 1 aromatic rings. The third-order valence-electron chi connectivity index (χ3n) is 3.47. The molecule has 0 radical (unpaired) electrons. The summed E-state index contributed by atoms with van der Waals surface area (Å²) in [6.45, 7) is 3.18. The quantitative estimate of drug-likeness (QED) is 0.835. The molecule has 6 heteroatoms. The summed E-state index contributed by atoms with van der Waals surface area (Å²) in [5.74, 6) is -0.0560. The molecule has 1 amide bonds. The second kappa shape index (κ2) is 6.07. The summed E-state index contributed by atoms with van der Waals surface area (Å²) in [4.78, 5) is 13.9. The molecule has 1 aliphatic heterocycles. The number of nitrogen functional groups attached to an aromatic ring is 1. The molecule has 0 spiro atoms. The van der Waals surface area contributed by atoms with Gasteiger partial charge >= 0.3 is 0 Å². The topological polar surface area (TPSA) is 58.4 Å². The summed E-state index contributed by atoms with van der Waals surface area (Å²) >= 11 is 0. The van der Waals surface area contributed by atoms with Gasteiger partial charge in [0, 0.05) is 30.0 Å². The Kier molecular flexibility index (Phi) is 4.42. The number of likely N-dealkylation sites (tertiary alicyclic amines) is 1. The van der Waals surface area contributed by atoms with Gasteiger partial charge in [-0.2, -0.15) is 0 Å². The van der Waals surface area contributed by atoms with Crippen LogP contribution >= 0.6 is 0 Å². The highest BCUT2D eigenvalue weighted by atomic mass is 19.3. The minimum atomic E-state index is -2.63. The molecule has 0 aromatic heterocycles. The lowest BCUT2D eigenvalue weighted by atomic mass is 10.1.